The summed E-state index contributed by atoms with van der Waals surface area (Å²) in [5, 5.41) is 0.773. The summed E-state index contributed by atoms with van der Waals surface area (Å²) in [5.41, 5.74) is 3.56. The Labute approximate surface area is 143 Å². The molecule has 0 spiro atoms. The van der Waals surface area contributed by atoms with Gasteiger partial charge in [0.25, 0.3) is 0 Å². The van der Waals surface area contributed by atoms with Crippen molar-refractivity contribution in [2.24, 2.45) is 5.92 Å². The Morgan fingerprint density at radius 1 is 1.17 bits per heavy atom. The first-order valence-corrected chi connectivity index (χ1v) is 8.57. The van der Waals surface area contributed by atoms with Crippen LogP contribution in [0.25, 0.3) is 0 Å². The number of rotatable bonds is 5. The molecule has 0 radical (unpaired) electrons. The summed E-state index contributed by atoms with van der Waals surface area (Å²) in [5.74, 6) is 0.613. The van der Waals surface area contributed by atoms with E-state index in [2.05, 4.69) is 19.1 Å². The van der Waals surface area contributed by atoms with Crippen molar-refractivity contribution in [2.45, 2.75) is 32.7 Å². The van der Waals surface area contributed by atoms with Gasteiger partial charge in [-0.3, -0.25) is 4.79 Å². The molecule has 2 unspecified atom stereocenters. The van der Waals surface area contributed by atoms with E-state index in [4.69, 9.17) is 11.6 Å². The monoisotopic (exact) mass is 327 g/mol. The molecular weight excluding hydrogens is 306 g/mol. The lowest BCUT2D eigenvalue weighted by atomic mass is 10.1. The summed E-state index contributed by atoms with van der Waals surface area (Å²) in [4.78, 5) is 14.8. The van der Waals surface area contributed by atoms with Gasteiger partial charge in [-0.1, -0.05) is 54.1 Å². The zero-order valence-electron chi connectivity index (χ0n) is 13.6. The molecule has 1 saturated carbocycles. The molecule has 2 atom stereocenters. The summed E-state index contributed by atoms with van der Waals surface area (Å²) in [7, 11) is 0. The van der Waals surface area contributed by atoms with Crippen LogP contribution in [-0.2, 0) is 11.3 Å². The minimum atomic E-state index is 0.0823. The SMILES string of the molecule is CCN(Cc1ccccc1C)C(=O)C1CC1c1ccccc1Cl. The van der Waals surface area contributed by atoms with Crippen LogP contribution in [0, 0.1) is 12.8 Å². The van der Waals surface area contributed by atoms with E-state index in [0.717, 1.165) is 23.6 Å². The Hall–Kier alpha value is -1.80. The summed E-state index contributed by atoms with van der Waals surface area (Å²) < 4.78 is 0. The van der Waals surface area contributed by atoms with Crippen LogP contribution in [-0.4, -0.2) is 17.4 Å². The first kappa shape index (κ1) is 16.1. The van der Waals surface area contributed by atoms with Crippen LogP contribution in [0.1, 0.15) is 36.0 Å². The summed E-state index contributed by atoms with van der Waals surface area (Å²) in [6, 6.07) is 16.1. The van der Waals surface area contributed by atoms with E-state index < -0.39 is 0 Å². The molecule has 3 heteroatoms. The zero-order chi connectivity index (χ0) is 16.4. The Morgan fingerprint density at radius 2 is 1.87 bits per heavy atom. The molecule has 120 valence electrons. The molecule has 3 rings (SSSR count). The van der Waals surface area contributed by atoms with E-state index >= 15 is 0 Å². The predicted octanol–water partition coefficient (Wildman–Crippen LogP) is 4.80. The normalized spacial score (nSPS) is 19.4. The van der Waals surface area contributed by atoms with Crippen molar-refractivity contribution >= 4 is 17.5 Å². The van der Waals surface area contributed by atoms with E-state index in [0.29, 0.717) is 6.54 Å². The Bertz CT molecular complexity index is 712. The predicted molar refractivity (Wildman–Crippen MR) is 94.6 cm³/mol. The van der Waals surface area contributed by atoms with Gasteiger partial charge in [-0.05, 0) is 48.9 Å². The second-order valence-electron chi connectivity index (χ2n) is 6.25. The molecular formula is C20H22ClNO. The molecule has 1 aliphatic rings. The molecule has 1 fully saturated rings. The fourth-order valence-corrected chi connectivity index (χ4v) is 3.44. The van der Waals surface area contributed by atoms with Gasteiger partial charge in [0.2, 0.25) is 5.91 Å². The maximum Gasteiger partial charge on any atom is 0.226 e. The number of halogens is 1. The van der Waals surface area contributed by atoms with Crippen molar-refractivity contribution in [1.82, 2.24) is 4.90 Å². The second kappa shape index (κ2) is 6.76. The third kappa shape index (κ3) is 3.42. The molecule has 0 bridgehead atoms. The van der Waals surface area contributed by atoms with Crippen molar-refractivity contribution < 1.29 is 4.79 Å². The number of carbonyl (C=O) groups is 1. The average Bonchev–Trinajstić information content (AvgIpc) is 3.34. The topological polar surface area (TPSA) is 20.3 Å². The van der Waals surface area contributed by atoms with E-state index in [1.54, 1.807) is 0 Å². The number of amides is 1. The molecule has 2 aromatic carbocycles. The highest BCUT2D eigenvalue weighted by atomic mass is 35.5. The average molecular weight is 328 g/mol. The van der Waals surface area contributed by atoms with E-state index in [-0.39, 0.29) is 17.7 Å². The fraction of sp³-hybridized carbons (Fsp3) is 0.350. The van der Waals surface area contributed by atoms with Gasteiger partial charge in [0.15, 0.2) is 0 Å². The third-order valence-corrected chi connectivity index (χ3v) is 5.07. The number of hydrogen-bond acceptors (Lipinski definition) is 1. The number of hydrogen-bond donors (Lipinski definition) is 0. The van der Waals surface area contributed by atoms with Crippen molar-refractivity contribution in [2.75, 3.05) is 6.54 Å². The van der Waals surface area contributed by atoms with Gasteiger partial charge in [-0.2, -0.15) is 0 Å². The van der Waals surface area contributed by atoms with Crippen LogP contribution >= 0.6 is 11.6 Å². The van der Waals surface area contributed by atoms with Gasteiger partial charge in [-0.15, -0.1) is 0 Å². The highest BCUT2D eigenvalue weighted by molar-refractivity contribution is 6.31. The molecule has 0 heterocycles. The molecule has 0 aliphatic heterocycles. The molecule has 2 aromatic rings. The molecule has 0 N–H and O–H groups in total. The van der Waals surface area contributed by atoms with Crippen LogP contribution in [0.15, 0.2) is 48.5 Å². The van der Waals surface area contributed by atoms with E-state index in [9.17, 15) is 4.79 Å². The number of carbonyl (C=O) groups excluding carboxylic acids is 1. The summed E-state index contributed by atoms with van der Waals surface area (Å²) in [6.07, 6.45) is 0.910. The van der Waals surface area contributed by atoms with E-state index in [1.165, 1.54) is 11.1 Å². The summed E-state index contributed by atoms with van der Waals surface area (Å²) in [6.45, 7) is 5.56. The van der Waals surface area contributed by atoms with E-state index in [1.807, 2.05) is 48.2 Å². The smallest absolute Gasteiger partial charge is 0.226 e. The van der Waals surface area contributed by atoms with Crippen LogP contribution in [0.4, 0.5) is 0 Å². The number of nitrogens with zero attached hydrogens (tertiary/aromatic N) is 1. The summed E-state index contributed by atoms with van der Waals surface area (Å²) >= 11 is 6.27. The number of benzene rings is 2. The third-order valence-electron chi connectivity index (χ3n) is 4.73. The van der Waals surface area contributed by atoms with Crippen molar-refractivity contribution in [3.63, 3.8) is 0 Å². The maximum atomic E-state index is 12.8. The minimum Gasteiger partial charge on any atom is -0.338 e. The Morgan fingerprint density at radius 3 is 2.57 bits per heavy atom. The highest BCUT2D eigenvalue weighted by Gasteiger charge is 2.46. The van der Waals surface area contributed by atoms with Gasteiger partial charge in [0.05, 0.1) is 0 Å². The lowest BCUT2D eigenvalue weighted by molar-refractivity contribution is -0.133. The molecule has 0 saturated heterocycles. The van der Waals surface area contributed by atoms with Gasteiger partial charge in [0, 0.05) is 24.0 Å². The largest absolute Gasteiger partial charge is 0.338 e. The number of aryl methyl sites for hydroxylation is 1. The zero-order valence-corrected chi connectivity index (χ0v) is 14.4. The maximum absolute atomic E-state index is 12.8. The molecule has 23 heavy (non-hydrogen) atoms. The lowest BCUT2D eigenvalue weighted by Crippen LogP contribution is -2.32. The molecule has 0 aromatic heterocycles. The first-order valence-electron chi connectivity index (χ1n) is 8.19. The molecule has 1 amide bonds. The van der Waals surface area contributed by atoms with Crippen LogP contribution < -0.4 is 0 Å². The first-order chi connectivity index (χ1) is 11.1. The van der Waals surface area contributed by atoms with Gasteiger partial charge >= 0.3 is 0 Å². The van der Waals surface area contributed by atoms with Crippen molar-refractivity contribution in [1.29, 1.82) is 0 Å². The van der Waals surface area contributed by atoms with Crippen LogP contribution in [0.3, 0.4) is 0 Å². The van der Waals surface area contributed by atoms with Gasteiger partial charge in [0.1, 0.15) is 0 Å². The molecule has 1 aliphatic carbocycles. The molecule has 2 nitrogen and oxygen atoms in total. The Kier molecular flexibility index (Phi) is 4.72. The Balaban J connectivity index is 1.70. The minimum absolute atomic E-state index is 0.0823. The second-order valence-corrected chi connectivity index (χ2v) is 6.66. The van der Waals surface area contributed by atoms with Crippen LogP contribution in [0.2, 0.25) is 5.02 Å². The highest BCUT2D eigenvalue weighted by Crippen LogP contribution is 2.50. The van der Waals surface area contributed by atoms with Crippen molar-refractivity contribution in [3.05, 3.63) is 70.2 Å². The quantitative estimate of drug-likeness (QED) is 0.772. The lowest BCUT2D eigenvalue weighted by Gasteiger charge is -2.22. The van der Waals surface area contributed by atoms with Gasteiger partial charge < -0.3 is 4.90 Å². The van der Waals surface area contributed by atoms with Crippen molar-refractivity contribution in [3.8, 4) is 0 Å². The fourth-order valence-electron chi connectivity index (χ4n) is 3.16. The van der Waals surface area contributed by atoms with Crippen LogP contribution in [0.5, 0.6) is 0 Å². The van der Waals surface area contributed by atoms with Gasteiger partial charge in [-0.25, -0.2) is 0 Å². The standard InChI is InChI=1S/C20H22ClNO/c1-3-22(13-15-9-5-4-8-14(15)2)20(23)18-12-17(18)16-10-6-7-11-19(16)21/h4-11,17-18H,3,12-13H2,1-2H3.